The van der Waals surface area contributed by atoms with Crippen LogP contribution in [0.5, 0.6) is 11.5 Å². The molecular weight excluding hydrogens is 560 g/mol. The summed E-state index contributed by atoms with van der Waals surface area (Å²) < 4.78 is 34.2. The van der Waals surface area contributed by atoms with Crippen LogP contribution in [0.3, 0.4) is 0 Å². The van der Waals surface area contributed by atoms with Crippen LogP contribution in [0.15, 0.2) is 88.8 Å². The first-order valence-electron chi connectivity index (χ1n) is 12.5. The maximum atomic E-state index is 13.3. The fourth-order valence-electron chi connectivity index (χ4n) is 4.12. The Labute approximate surface area is 243 Å². The van der Waals surface area contributed by atoms with Crippen LogP contribution in [0.25, 0.3) is 22.4 Å². The zero-order valence-electron chi connectivity index (χ0n) is 22.6. The molecule has 0 saturated heterocycles. The number of methoxy groups -OCH3 is 2. The topological polar surface area (TPSA) is 144 Å². The fourth-order valence-corrected chi connectivity index (χ4v) is 5.66. The molecule has 0 bridgehead atoms. The van der Waals surface area contributed by atoms with Gasteiger partial charge in [0.25, 0.3) is 0 Å². The maximum Gasteiger partial charge on any atom is 0.238 e. The molecule has 0 spiro atoms. The third-order valence-electron chi connectivity index (χ3n) is 6.23. The number of aromatic nitrogens is 1. The number of benzene rings is 3. The summed E-state index contributed by atoms with van der Waals surface area (Å²) in [5, 5.41) is 18.1. The van der Waals surface area contributed by atoms with E-state index in [9.17, 15) is 18.5 Å². The van der Waals surface area contributed by atoms with Crippen molar-refractivity contribution in [2.45, 2.75) is 28.5 Å². The number of hydrogen-bond donors (Lipinski definition) is 2. The van der Waals surface area contributed by atoms with Crippen molar-refractivity contribution >= 4 is 33.4 Å². The van der Waals surface area contributed by atoms with Gasteiger partial charge in [0, 0.05) is 22.4 Å². The Hall–Kier alpha value is -4.37. The van der Waals surface area contributed by atoms with E-state index in [1.807, 2.05) is 43.3 Å². The van der Waals surface area contributed by atoms with E-state index in [1.54, 1.807) is 32.4 Å². The van der Waals surface area contributed by atoms with Gasteiger partial charge in [-0.2, -0.15) is 5.26 Å². The highest BCUT2D eigenvalue weighted by Crippen LogP contribution is 2.41. The van der Waals surface area contributed by atoms with Crippen molar-refractivity contribution < 1.29 is 22.7 Å². The minimum Gasteiger partial charge on any atom is -0.497 e. The van der Waals surface area contributed by atoms with Gasteiger partial charge in [0.15, 0.2) is 0 Å². The van der Waals surface area contributed by atoms with Crippen LogP contribution in [0.2, 0.25) is 0 Å². The normalized spacial score (nSPS) is 11.8. The minimum atomic E-state index is -3.85. The van der Waals surface area contributed by atoms with Gasteiger partial charge in [-0.15, -0.1) is 0 Å². The zero-order valence-corrected chi connectivity index (χ0v) is 24.3. The number of anilines is 1. The van der Waals surface area contributed by atoms with Crippen molar-refractivity contribution in [1.82, 2.24) is 4.98 Å². The van der Waals surface area contributed by atoms with Gasteiger partial charge >= 0.3 is 0 Å². The first kappa shape index (κ1) is 29.6. The van der Waals surface area contributed by atoms with E-state index < -0.39 is 15.3 Å². The van der Waals surface area contributed by atoms with Crippen molar-refractivity contribution in [3.05, 3.63) is 84.4 Å². The fraction of sp³-hybridized carbons (Fsp3) is 0.167. The molecule has 1 atom stereocenters. The average molecular weight is 589 g/mol. The Morgan fingerprint density at radius 3 is 2.32 bits per heavy atom. The minimum absolute atomic E-state index is 0.0574. The highest BCUT2D eigenvalue weighted by Gasteiger charge is 2.25. The molecule has 11 heteroatoms. The quantitative estimate of drug-likeness (QED) is 0.232. The van der Waals surface area contributed by atoms with Crippen molar-refractivity contribution in [3.8, 4) is 40.0 Å². The van der Waals surface area contributed by atoms with Gasteiger partial charge in [-0.1, -0.05) is 49.0 Å². The van der Waals surface area contributed by atoms with Gasteiger partial charge in [-0.25, -0.2) is 18.5 Å². The highest BCUT2D eigenvalue weighted by molar-refractivity contribution is 8.00. The molecule has 4 aromatic rings. The molecule has 0 aliphatic carbocycles. The number of nitrogens with one attached hydrogen (secondary N) is 1. The van der Waals surface area contributed by atoms with E-state index in [-0.39, 0.29) is 10.8 Å². The molecule has 210 valence electrons. The van der Waals surface area contributed by atoms with Gasteiger partial charge < -0.3 is 14.8 Å². The summed E-state index contributed by atoms with van der Waals surface area (Å²) in [5.41, 5.74) is 3.42. The maximum absolute atomic E-state index is 13.3. The van der Waals surface area contributed by atoms with Gasteiger partial charge in [0.05, 0.1) is 35.6 Å². The molecule has 1 aromatic heterocycles. The van der Waals surface area contributed by atoms with Crippen molar-refractivity contribution in [2.24, 2.45) is 5.14 Å². The number of sulfonamides is 1. The summed E-state index contributed by atoms with van der Waals surface area (Å²) in [6.45, 7) is 1.86. The predicted octanol–water partition coefficient (Wildman–Crippen LogP) is 5.46. The first-order chi connectivity index (χ1) is 19.7. The number of nitriles is 1. The summed E-state index contributed by atoms with van der Waals surface area (Å²) in [6.07, 6.45) is 0.436. The molecule has 1 amide bonds. The van der Waals surface area contributed by atoms with Crippen molar-refractivity contribution in [3.63, 3.8) is 0 Å². The van der Waals surface area contributed by atoms with Crippen molar-refractivity contribution in [2.75, 3.05) is 19.5 Å². The Morgan fingerprint density at radius 2 is 1.73 bits per heavy atom. The molecule has 0 radical (unpaired) electrons. The Balaban J connectivity index is 1.77. The molecule has 0 aliphatic rings. The smallest absolute Gasteiger partial charge is 0.238 e. The second-order valence-corrected chi connectivity index (χ2v) is 11.6. The molecule has 41 heavy (non-hydrogen) atoms. The number of rotatable bonds is 10. The lowest BCUT2D eigenvalue weighted by Crippen LogP contribution is -2.25. The van der Waals surface area contributed by atoms with E-state index >= 15 is 0 Å². The third-order valence-corrected chi connectivity index (χ3v) is 8.51. The Kier molecular flexibility index (Phi) is 9.29. The monoisotopic (exact) mass is 588 g/mol. The highest BCUT2D eigenvalue weighted by atomic mass is 32.2. The number of amides is 1. The Morgan fingerprint density at radius 1 is 1.02 bits per heavy atom. The van der Waals surface area contributed by atoms with Gasteiger partial charge in [0.2, 0.25) is 15.9 Å². The van der Waals surface area contributed by atoms with Gasteiger partial charge in [-0.05, 0) is 55.0 Å². The van der Waals surface area contributed by atoms with Crippen LogP contribution in [0, 0.1) is 11.3 Å². The number of nitrogens with two attached hydrogens (primary N) is 1. The predicted molar refractivity (Wildman–Crippen MR) is 159 cm³/mol. The molecule has 0 fully saturated rings. The number of carbonyl (C=O) groups is 1. The second kappa shape index (κ2) is 12.9. The molecule has 3 N–H and O–H groups in total. The average Bonchev–Trinajstić information content (AvgIpc) is 2.99. The summed E-state index contributed by atoms with van der Waals surface area (Å²) >= 11 is 1.18. The number of nitrogens with zero attached hydrogens (tertiary/aromatic N) is 2. The lowest BCUT2D eigenvalue weighted by molar-refractivity contribution is -0.115. The molecule has 1 heterocycles. The largest absolute Gasteiger partial charge is 0.497 e. The van der Waals surface area contributed by atoms with Crippen LogP contribution in [-0.4, -0.2) is 38.8 Å². The van der Waals surface area contributed by atoms with Crippen LogP contribution < -0.4 is 19.9 Å². The summed E-state index contributed by atoms with van der Waals surface area (Å²) in [6, 6.07) is 24.6. The van der Waals surface area contributed by atoms with Gasteiger partial charge in [-0.3, -0.25) is 4.79 Å². The van der Waals surface area contributed by atoms with E-state index in [4.69, 9.17) is 19.6 Å². The molecular formula is C30H28N4O5S2. The van der Waals surface area contributed by atoms with E-state index in [1.165, 1.54) is 36.0 Å². The molecule has 4 rings (SSSR count). The Bertz CT molecular complexity index is 1700. The van der Waals surface area contributed by atoms with E-state index in [2.05, 4.69) is 11.4 Å². The summed E-state index contributed by atoms with van der Waals surface area (Å²) in [5.74, 6) is 0.824. The molecule has 0 saturated carbocycles. The number of thioether (sulfide) groups is 1. The standard InChI is InChI=1S/C30H28N4O5S2/c1-4-28(29(35)33-20-10-13-22(14-11-20)41(32,36)37)40-30-25(18-31)23(17-26(34-30)19-8-6-5-7-9-19)24-16-21(38-2)12-15-27(24)39-3/h5-17,28H,4H2,1-3H3,(H,33,35)(H2,32,36,37). The lowest BCUT2D eigenvalue weighted by Gasteiger charge is -2.18. The van der Waals surface area contributed by atoms with E-state index in [0.717, 1.165) is 5.56 Å². The number of ether oxygens (including phenoxy) is 2. The van der Waals surface area contributed by atoms with Gasteiger partial charge in [0.1, 0.15) is 22.6 Å². The number of primary sulfonamides is 1. The number of pyridine rings is 1. The first-order valence-corrected chi connectivity index (χ1v) is 14.9. The van der Waals surface area contributed by atoms with Crippen LogP contribution in [-0.2, 0) is 14.8 Å². The SMILES string of the molecule is CCC(Sc1nc(-c2ccccc2)cc(-c2cc(OC)ccc2OC)c1C#N)C(=O)Nc1ccc(S(N)(=O)=O)cc1. The number of hydrogen-bond acceptors (Lipinski definition) is 8. The summed E-state index contributed by atoms with van der Waals surface area (Å²) in [7, 11) is -0.736. The van der Waals surface area contributed by atoms with Crippen molar-refractivity contribution in [1.29, 1.82) is 5.26 Å². The lowest BCUT2D eigenvalue weighted by atomic mass is 9.98. The third kappa shape index (κ3) is 6.86. The molecule has 9 nitrogen and oxygen atoms in total. The molecule has 1 unspecified atom stereocenters. The molecule has 3 aromatic carbocycles. The van der Waals surface area contributed by atoms with Crippen LogP contribution in [0.1, 0.15) is 18.9 Å². The molecule has 0 aliphatic heterocycles. The van der Waals surface area contributed by atoms with E-state index in [0.29, 0.717) is 51.0 Å². The number of carbonyl (C=O) groups excluding carboxylic acids is 1. The zero-order chi connectivity index (χ0) is 29.6. The van der Waals surface area contributed by atoms with Crippen LogP contribution in [0.4, 0.5) is 5.69 Å². The summed E-state index contributed by atoms with van der Waals surface area (Å²) in [4.78, 5) is 18.1. The second-order valence-electron chi connectivity index (χ2n) is 8.85. The van der Waals surface area contributed by atoms with Crippen LogP contribution >= 0.6 is 11.8 Å².